The van der Waals surface area contributed by atoms with E-state index in [9.17, 15) is 9.59 Å². The molecule has 0 atom stereocenters. The maximum absolute atomic E-state index is 12.5. The minimum absolute atomic E-state index is 0.0261. The molecule has 5 heteroatoms. The number of amides is 1. The Labute approximate surface area is 125 Å². The van der Waals surface area contributed by atoms with Crippen molar-refractivity contribution in [3.05, 3.63) is 29.8 Å². The van der Waals surface area contributed by atoms with Crippen LogP contribution in [0.4, 0.5) is 0 Å². The zero-order valence-electron chi connectivity index (χ0n) is 12.8. The fourth-order valence-corrected chi connectivity index (χ4v) is 2.46. The zero-order chi connectivity index (χ0) is 15.5. The quantitative estimate of drug-likeness (QED) is 0.835. The second-order valence-corrected chi connectivity index (χ2v) is 5.59. The summed E-state index contributed by atoms with van der Waals surface area (Å²) in [6, 6.07) is 7.24. The average Bonchev–Trinajstić information content (AvgIpc) is 2.45. The van der Waals surface area contributed by atoms with E-state index in [1.54, 1.807) is 12.1 Å². The van der Waals surface area contributed by atoms with Crippen LogP contribution in [-0.2, 0) is 4.79 Å². The Bertz CT molecular complexity index is 540. The van der Waals surface area contributed by atoms with Crippen LogP contribution in [0.25, 0.3) is 0 Å². The minimum atomic E-state index is -0.672. The molecule has 0 bridgehead atoms. The predicted molar refractivity (Wildman–Crippen MR) is 80.6 cm³/mol. The summed E-state index contributed by atoms with van der Waals surface area (Å²) in [4.78, 5) is 26.4. The smallest absolute Gasteiger partial charge is 0.240 e. The van der Waals surface area contributed by atoms with Crippen LogP contribution in [0.15, 0.2) is 24.3 Å². The highest BCUT2D eigenvalue weighted by Crippen LogP contribution is 2.22. The van der Waals surface area contributed by atoms with E-state index in [4.69, 9.17) is 4.74 Å². The van der Waals surface area contributed by atoms with E-state index in [-0.39, 0.29) is 18.2 Å². The number of carbonyl (C=O) groups excluding carboxylic acids is 2. The molecule has 1 saturated heterocycles. The van der Waals surface area contributed by atoms with E-state index in [1.807, 2.05) is 37.8 Å². The Morgan fingerprint density at radius 3 is 2.81 bits per heavy atom. The van der Waals surface area contributed by atoms with Crippen molar-refractivity contribution in [2.75, 3.05) is 26.2 Å². The monoisotopic (exact) mass is 290 g/mol. The Morgan fingerprint density at radius 1 is 1.38 bits per heavy atom. The average molecular weight is 290 g/mol. The molecule has 0 saturated carbocycles. The van der Waals surface area contributed by atoms with Gasteiger partial charge in [-0.1, -0.05) is 12.1 Å². The Hall–Kier alpha value is -1.88. The molecule has 0 spiro atoms. The SMILES string of the molecule is CCOc1ccccc1C(=O)CN1CCNC(=O)C1(C)C. The number of rotatable bonds is 5. The number of ether oxygens (including phenoxy) is 1. The van der Waals surface area contributed by atoms with Gasteiger partial charge in [0.25, 0.3) is 0 Å². The third-order valence-electron chi connectivity index (χ3n) is 3.84. The van der Waals surface area contributed by atoms with Crippen LogP contribution in [0.3, 0.4) is 0 Å². The number of Topliss-reactive ketones (excluding diaryl/α,β-unsaturated/α-hetero) is 1. The summed E-state index contributed by atoms with van der Waals surface area (Å²) in [7, 11) is 0. The van der Waals surface area contributed by atoms with E-state index < -0.39 is 5.54 Å². The molecule has 21 heavy (non-hydrogen) atoms. The largest absolute Gasteiger partial charge is 0.493 e. The number of hydrogen-bond acceptors (Lipinski definition) is 4. The number of piperazine rings is 1. The molecule has 114 valence electrons. The topological polar surface area (TPSA) is 58.6 Å². The first-order chi connectivity index (χ1) is 9.96. The van der Waals surface area contributed by atoms with Crippen molar-refractivity contribution >= 4 is 11.7 Å². The summed E-state index contributed by atoms with van der Waals surface area (Å²) in [5.41, 5.74) is -0.102. The molecule has 1 N–H and O–H groups in total. The van der Waals surface area contributed by atoms with Crippen LogP contribution in [0.1, 0.15) is 31.1 Å². The molecule has 2 rings (SSSR count). The molecular weight excluding hydrogens is 268 g/mol. The van der Waals surface area contributed by atoms with Gasteiger partial charge in [-0.15, -0.1) is 0 Å². The zero-order valence-corrected chi connectivity index (χ0v) is 12.8. The molecule has 1 fully saturated rings. The number of para-hydroxylation sites is 1. The lowest BCUT2D eigenvalue weighted by atomic mass is 9.97. The van der Waals surface area contributed by atoms with E-state index >= 15 is 0 Å². The Balaban J connectivity index is 2.16. The highest BCUT2D eigenvalue weighted by Gasteiger charge is 2.38. The highest BCUT2D eigenvalue weighted by atomic mass is 16.5. The summed E-state index contributed by atoms with van der Waals surface area (Å²) in [5, 5.41) is 2.83. The van der Waals surface area contributed by atoms with Crippen LogP contribution in [0.2, 0.25) is 0 Å². The molecule has 0 radical (unpaired) electrons. The van der Waals surface area contributed by atoms with Gasteiger partial charge in [-0.3, -0.25) is 14.5 Å². The first-order valence-electron chi connectivity index (χ1n) is 7.25. The van der Waals surface area contributed by atoms with Crippen molar-refractivity contribution in [3.63, 3.8) is 0 Å². The fraction of sp³-hybridized carbons (Fsp3) is 0.500. The summed E-state index contributed by atoms with van der Waals surface area (Å²) in [6.45, 7) is 7.53. The van der Waals surface area contributed by atoms with Gasteiger partial charge < -0.3 is 10.1 Å². The van der Waals surface area contributed by atoms with Gasteiger partial charge in [0.05, 0.1) is 24.3 Å². The third-order valence-corrected chi connectivity index (χ3v) is 3.84. The van der Waals surface area contributed by atoms with Gasteiger partial charge in [0.1, 0.15) is 5.75 Å². The predicted octanol–water partition coefficient (Wildman–Crippen LogP) is 1.48. The summed E-state index contributed by atoms with van der Waals surface area (Å²) in [5.74, 6) is 0.533. The van der Waals surface area contributed by atoms with Crippen molar-refractivity contribution in [1.82, 2.24) is 10.2 Å². The van der Waals surface area contributed by atoms with Crippen molar-refractivity contribution in [2.45, 2.75) is 26.3 Å². The van der Waals surface area contributed by atoms with Gasteiger partial charge in [-0.25, -0.2) is 0 Å². The first-order valence-corrected chi connectivity index (χ1v) is 7.25. The van der Waals surface area contributed by atoms with Crippen molar-refractivity contribution in [2.24, 2.45) is 0 Å². The molecule has 0 aliphatic carbocycles. The second-order valence-electron chi connectivity index (χ2n) is 5.59. The fourth-order valence-electron chi connectivity index (χ4n) is 2.46. The molecule has 1 aromatic rings. The van der Waals surface area contributed by atoms with E-state index in [0.717, 1.165) is 0 Å². The number of hydrogen-bond donors (Lipinski definition) is 1. The lowest BCUT2D eigenvalue weighted by Crippen LogP contribution is -2.62. The van der Waals surface area contributed by atoms with Gasteiger partial charge in [0.2, 0.25) is 5.91 Å². The molecule has 1 aliphatic heterocycles. The Kier molecular flexibility index (Phi) is 4.63. The molecule has 5 nitrogen and oxygen atoms in total. The third kappa shape index (κ3) is 3.24. The number of nitrogens with zero attached hydrogens (tertiary/aromatic N) is 1. The second kappa shape index (κ2) is 6.26. The number of carbonyl (C=O) groups is 2. The number of nitrogens with one attached hydrogen (secondary N) is 1. The molecule has 1 aromatic carbocycles. The normalized spacial score (nSPS) is 18.1. The van der Waals surface area contributed by atoms with Gasteiger partial charge in [-0.2, -0.15) is 0 Å². The summed E-state index contributed by atoms with van der Waals surface area (Å²) >= 11 is 0. The minimum Gasteiger partial charge on any atom is -0.493 e. The van der Waals surface area contributed by atoms with Gasteiger partial charge in [0, 0.05) is 13.1 Å². The van der Waals surface area contributed by atoms with Gasteiger partial charge in [-0.05, 0) is 32.9 Å². The van der Waals surface area contributed by atoms with Crippen LogP contribution < -0.4 is 10.1 Å². The molecule has 0 unspecified atom stereocenters. The molecular formula is C16H22N2O3. The lowest BCUT2D eigenvalue weighted by Gasteiger charge is -2.40. The van der Waals surface area contributed by atoms with Crippen molar-refractivity contribution in [1.29, 1.82) is 0 Å². The first kappa shape index (κ1) is 15.5. The molecule has 1 aliphatic rings. The maximum Gasteiger partial charge on any atom is 0.240 e. The highest BCUT2D eigenvalue weighted by molar-refractivity contribution is 6.00. The van der Waals surface area contributed by atoms with Crippen LogP contribution in [0.5, 0.6) is 5.75 Å². The van der Waals surface area contributed by atoms with E-state index in [0.29, 0.717) is 31.0 Å². The number of ketones is 1. The van der Waals surface area contributed by atoms with E-state index in [1.165, 1.54) is 0 Å². The van der Waals surface area contributed by atoms with Gasteiger partial charge >= 0.3 is 0 Å². The van der Waals surface area contributed by atoms with Crippen molar-refractivity contribution < 1.29 is 14.3 Å². The van der Waals surface area contributed by atoms with Crippen LogP contribution in [0, 0.1) is 0 Å². The molecule has 1 heterocycles. The maximum atomic E-state index is 12.5. The Morgan fingerprint density at radius 2 is 2.10 bits per heavy atom. The number of benzene rings is 1. The van der Waals surface area contributed by atoms with Crippen molar-refractivity contribution in [3.8, 4) is 5.75 Å². The van der Waals surface area contributed by atoms with E-state index in [2.05, 4.69) is 5.32 Å². The summed E-state index contributed by atoms with van der Waals surface area (Å²) in [6.07, 6.45) is 0. The molecule has 0 aromatic heterocycles. The van der Waals surface area contributed by atoms with Crippen LogP contribution >= 0.6 is 0 Å². The molecule has 1 amide bonds. The standard InChI is InChI=1S/C16H22N2O3/c1-4-21-14-8-6-5-7-12(14)13(19)11-18-10-9-17-15(20)16(18,2)3/h5-8H,4,9-11H2,1-3H3,(H,17,20). The van der Waals surface area contributed by atoms with Gasteiger partial charge in [0.15, 0.2) is 5.78 Å². The van der Waals surface area contributed by atoms with Crippen LogP contribution in [-0.4, -0.2) is 48.4 Å². The lowest BCUT2D eigenvalue weighted by molar-refractivity contribution is -0.134. The summed E-state index contributed by atoms with van der Waals surface area (Å²) < 4.78 is 5.50.